The van der Waals surface area contributed by atoms with Gasteiger partial charge in [-0.3, -0.25) is 10.1 Å². The average Bonchev–Trinajstić information content (AvgIpc) is 3.42. The van der Waals surface area contributed by atoms with E-state index in [1.807, 2.05) is 66.0 Å². The summed E-state index contributed by atoms with van der Waals surface area (Å²) in [5, 5.41) is 23.3. The van der Waals surface area contributed by atoms with E-state index in [2.05, 4.69) is 35.9 Å². The number of ether oxygens (including phenoxy) is 1. The van der Waals surface area contributed by atoms with Crippen molar-refractivity contribution < 1.29 is 9.53 Å². The van der Waals surface area contributed by atoms with E-state index in [9.17, 15) is 4.79 Å². The molecule has 0 aliphatic carbocycles. The molecule has 1 aromatic carbocycles. The second kappa shape index (κ2) is 9.70. The van der Waals surface area contributed by atoms with Crippen LogP contribution in [0.25, 0.3) is 0 Å². The maximum Gasteiger partial charge on any atom is 0.259 e. The quantitative estimate of drug-likeness (QED) is 0.434. The molecule has 4 rings (SSSR count). The predicted octanol–water partition coefficient (Wildman–Crippen LogP) is -0.774. The van der Waals surface area contributed by atoms with Crippen molar-refractivity contribution >= 4 is 56.9 Å². The molecule has 13 heteroatoms. The molecule has 0 saturated carbocycles. The van der Waals surface area contributed by atoms with E-state index in [-0.39, 0.29) is 11.9 Å². The normalized spacial score (nSPS) is 17.1. The zero-order chi connectivity index (χ0) is 22.6. The minimum atomic E-state index is -0.744. The molecule has 0 spiro atoms. The molecule has 3 aromatic rings. The van der Waals surface area contributed by atoms with Crippen LogP contribution in [0.1, 0.15) is 18.1 Å². The highest BCUT2D eigenvalue weighted by Crippen LogP contribution is 2.27. The van der Waals surface area contributed by atoms with Gasteiger partial charge in [0.25, 0.3) is 5.91 Å². The Hall–Kier alpha value is -2.92. The van der Waals surface area contributed by atoms with Gasteiger partial charge in [-0.05, 0) is 29.4 Å². The van der Waals surface area contributed by atoms with Crippen molar-refractivity contribution in [3.05, 3.63) is 54.2 Å². The molecule has 1 fully saturated rings. The number of hydrogen-bond acceptors (Lipinski definition) is 9. The standard InChI is InChI=1S/C19H24B3N7O2S/c20-19(21,22)31-15(12-5-2-1-3-6-12)16(30)25-18-28-27-17(32-18)24-13-8-10-29(11-13)14-7-4-9-23-26-14/h1-7,9,13,15H,8,10-11,20-22H2,(H,24,27)(H,25,28,30)/t13-,15-/m1/s1. The SMILES string of the molecule is BC(B)(B)O[C@@H](C(=O)Nc1nnc(N[C@@H]2CCN(c3cccnn3)C2)s1)c1ccccc1. The molecule has 1 aliphatic rings. The number of anilines is 3. The van der Waals surface area contributed by atoms with Gasteiger partial charge in [-0.2, -0.15) is 5.10 Å². The fraction of sp³-hybridized carbons (Fsp3) is 0.316. The van der Waals surface area contributed by atoms with Crippen LogP contribution in [-0.2, 0) is 9.53 Å². The van der Waals surface area contributed by atoms with Crippen molar-refractivity contribution in [2.45, 2.75) is 23.9 Å². The summed E-state index contributed by atoms with van der Waals surface area (Å²) in [5.74, 6) is 0.594. The number of carbonyl (C=O) groups is 1. The van der Waals surface area contributed by atoms with Crippen molar-refractivity contribution in [2.75, 3.05) is 28.6 Å². The number of hydrogen-bond donors (Lipinski definition) is 2. The van der Waals surface area contributed by atoms with E-state index in [1.54, 1.807) is 6.20 Å². The lowest BCUT2D eigenvalue weighted by Crippen LogP contribution is -2.39. The number of amides is 1. The first-order chi connectivity index (χ1) is 15.4. The molecule has 0 unspecified atom stereocenters. The fourth-order valence-electron chi connectivity index (χ4n) is 3.48. The van der Waals surface area contributed by atoms with Crippen molar-refractivity contribution in [1.29, 1.82) is 0 Å². The van der Waals surface area contributed by atoms with Gasteiger partial charge in [0.1, 0.15) is 23.5 Å². The van der Waals surface area contributed by atoms with Gasteiger partial charge < -0.3 is 15.0 Å². The largest absolute Gasteiger partial charge is 0.383 e. The lowest BCUT2D eigenvalue weighted by molar-refractivity contribution is -0.128. The van der Waals surface area contributed by atoms with E-state index in [4.69, 9.17) is 4.74 Å². The Morgan fingerprint density at radius 2 is 1.91 bits per heavy atom. The first kappa shape index (κ1) is 22.3. The molecule has 2 N–H and O–H groups in total. The lowest BCUT2D eigenvalue weighted by atomic mass is 9.52. The highest BCUT2D eigenvalue weighted by molar-refractivity contribution is 7.19. The van der Waals surface area contributed by atoms with Gasteiger partial charge in [-0.1, -0.05) is 41.7 Å². The Kier molecular flexibility index (Phi) is 6.76. The summed E-state index contributed by atoms with van der Waals surface area (Å²) >= 11 is 1.31. The summed E-state index contributed by atoms with van der Waals surface area (Å²) < 4.78 is 6.04. The molecule has 32 heavy (non-hydrogen) atoms. The van der Waals surface area contributed by atoms with Crippen LogP contribution in [0.5, 0.6) is 0 Å². The van der Waals surface area contributed by atoms with Gasteiger partial charge in [-0.25, -0.2) is 0 Å². The molecule has 1 saturated heterocycles. The summed E-state index contributed by atoms with van der Waals surface area (Å²) in [6, 6.07) is 13.5. The summed E-state index contributed by atoms with van der Waals surface area (Å²) in [7, 11) is 5.78. The second-order valence-electron chi connectivity index (χ2n) is 8.58. The van der Waals surface area contributed by atoms with Gasteiger partial charge in [0.2, 0.25) is 10.3 Å². The molecular formula is C19H24B3N7O2S. The predicted molar refractivity (Wildman–Crippen MR) is 133 cm³/mol. The van der Waals surface area contributed by atoms with Gasteiger partial charge in [0.15, 0.2) is 11.9 Å². The Labute approximate surface area is 193 Å². The highest BCUT2D eigenvalue weighted by Gasteiger charge is 2.28. The molecule has 2 atom stereocenters. The minimum Gasteiger partial charge on any atom is -0.383 e. The van der Waals surface area contributed by atoms with Gasteiger partial charge >= 0.3 is 0 Å². The zero-order valence-electron chi connectivity index (χ0n) is 18.4. The van der Waals surface area contributed by atoms with Gasteiger partial charge in [0.05, 0.1) is 0 Å². The zero-order valence-corrected chi connectivity index (χ0v) is 19.2. The number of carbonyl (C=O) groups excluding carboxylic acids is 1. The Morgan fingerprint density at radius 3 is 2.62 bits per heavy atom. The summed E-state index contributed by atoms with van der Waals surface area (Å²) in [5.41, 5.74) is 0.790. The molecular weight excluding hydrogens is 423 g/mol. The smallest absolute Gasteiger partial charge is 0.259 e. The van der Waals surface area contributed by atoms with Crippen molar-refractivity contribution in [3.63, 3.8) is 0 Å². The van der Waals surface area contributed by atoms with E-state index in [0.717, 1.165) is 30.9 Å². The first-order valence-electron chi connectivity index (χ1n) is 10.5. The topological polar surface area (TPSA) is 105 Å². The Bertz CT molecular complexity index is 1040. The summed E-state index contributed by atoms with van der Waals surface area (Å²) in [6.07, 6.45) is 1.88. The molecule has 1 amide bonds. The van der Waals surface area contributed by atoms with Crippen LogP contribution in [0, 0.1) is 0 Å². The maximum atomic E-state index is 13.0. The molecule has 162 valence electrons. The van der Waals surface area contributed by atoms with Crippen LogP contribution in [0.2, 0.25) is 0 Å². The fourth-order valence-corrected chi connectivity index (χ4v) is 4.20. The van der Waals surface area contributed by atoms with E-state index < -0.39 is 11.4 Å². The number of nitrogens with one attached hydrogen (secondary N) is 2. The second-order valence-corrected chi connectivity index (χ2v) is 9.56. The maximum absolute atomic E-state index is 13.0. The van der Waals surface area contributed by atoms with Crippen LogP contribution in [0.3, 0.4) is 0 Å². The third kappa shape index (κ3) is 5.86. The number of nitrogens with zero attached hydrogens (tertiary/aromatic N) is 5. The molecule has 3 heterocycles. The average molecular weight is 447 g/mol. The van der Waals surface area contributed by atoms with Crippen LogP contribution in [0.4, 0.5) is 16.1 Å². The molecule has 1 aliphatic heterocycles. The van der Waals surface area contributed by atoms with Crippen LogP contribution >= 0.6 is 11.3 Å². The monoisotopic (exact) mass is 447 g/mol. The number of benzene rings is 1. The van der Waals surface area contributed by atoms with Crippen LogP contribution < -0.4 is 15.5 Å². The Balaban J connectivity index is 1.37. The molecule has 2 aromatic heterocycles. The van der Waals surface area contributed by atoms with Gasteiger partial charge in [0, 0.05) is 25.3 Å². The van der Waals surface area contributed by atoms with Crippen molar-refractivity contribution in [2.24, 2.45) is 0 Å². The third-order valence-corrected chi connectivity index (χ3v) is 5.63. The highest BCUT2D eigenvalue weighted by atomic mass is 32.1. The van der Waals surface area contributed by atoms with E-state index in [1.165, 1.54) is 11.3 Å². The van der Waals surface area contributed by atoms with Crippen LogP contribution in [-0.4, -0.2) is 74.3 Å². The van der Waals surface area contributed by atoms with Crippen molar-refractivity contribution in [3.8, 4) is 0 Å². The molecule has 0 bridgehead atoms. The third-order valence-electron chi connectivity index (χ3n) is 4.87. The first-order valence-corrected chi connectivity index (χ1v) is 11.4. The minimum absolute atomic E-state index is 0.217. The Morgan fingerprint density at radius 1 is 1.12 bits per heavy atom. The lowest BCUT2D eigenvalue weighted by Gasteiger charge is -2.27. The van der Waals surface area contributed by atoms with E-state index >= 15 is 0 Å². The van der Waals surface area contributed by atoms with Crippen molar-refractivity contribution in [1.82, 2.24) is 20.4 Å². The van der Waals surface area contributed by atoms with Gasteiger partial charge in [-0.15, -0.1) is 15.3 Å². The molecule has 0 radical (unpaired) electrons. The van der Waals surface area contributed by atoms with Crippen LogP contribution in [0.15, 0.2) is 48.7 Å². The van der Waals surface area contributed by atoms with E-state index in [0.29, 0.717) is 10.3 Å². The number of aromatic nitrogens is 4. The molecule has 9 nitrogen and oxygen atoms in total. The number of rotatable bonds is 8. The summed E-state index contributed by atoms with van der Waals surface area (Å²) in [4.78, 5) is 15.2. The summed E-state index contributed by atoms with van der Waals surface area (Å²) in [6.45, 7) is 1.69.